The summed E-state index contributed by atoms with van der Waals surface area (Å²) in [7, 11) is 0. The maximum absolute atomic E-state index is 11.6. The van der Waals surface area contributed by atoms with Crippen LogP contribution in [0.1, 0.15) is 18.1 Å². The Balaban J connectivity index is 1.50. The first kappa shape index (κ1) is 22.5. The van der Waals surface area contributed by atoms with Crippen LogP contribution < -0.4 is 14.8 Å². The number of nitrogens with zero attached hydrogens (tertiary/aromatic N) is 7. The molecule has 0 unspecified atom stereocenters. The topological polar surface area (TPSA) is 153 Å². The summed E-state index contributed by atoms with van der Waals surface area (Å²) in [6.45, 7) is 3.88. The van der Waals surface area contributed by atoms with Gasteiger partial charge < -0.3 is 14.8 Å². The standard InChI is InChI=1S/C24H18N8O4/c1-3-35-21-8-18-17(7-19(21)32(33)34)24(15(10-25)11-26-18)29-16-4-5-20(14(2)6-16)36-23-9-22-30-28-13-31(22)12-27-23/h4-9,11-13H,3H2,1-2H3,(H,26,29). The molecule has 12 nitrogen and oxygen atoms in total. The van der Waals surface area contributed by atoms with E-state index in [2.05, 4.69) is 31.6 Å². The summed E-state index contributed by atoms with van der Waals surface area (Å²) in [6.07, 6.45) is 4.52. The van der Waals surface area contributed by atoms with Crippen molar-refractivity contribution in [3.05, 3.63) is 76.5 Å². The Kier molecular flexibility index (Phi) is 5.71. The molecule has 36 heavy (non-hydrogen) atoms. The number of pyridine rings is 1. The summed E-state index contributed by atoms with van der Waals surface area (Å²) in [5.74, 6) is 1.06. The molecule has 2 aromatic carbocycles. The SMILES string of the molecule is CCOc1cc2ncc(C#N)c(Nc3ccc(Oc4cc5nncn5cn4)c(C)c3)c2cc1[N+](=O)[O-]. The maximum Gasteiger partial charge on any atom is 0.311 e. The molecular weight excluding hydrogens is 464 g/mol. The van der Waals surface area contributed by atoms with Gasteiger partial charge in [-0.2, -0.15) is 5.26 Å². The van der Waals surface area contributed by atoms with Gasteiger partial charge in [-0.3, -0.25) is 19.5 Å². The zero-order chi connectivity index (χ0) is 25.2. The number of hydrogen-bond acceptors (Lipinski definition) is 10. The minimum atomic E-state index is -0.519. The molecule has 178 valence electrons. The lowest BCUT2D eigenvalue weighted by atomic mass is 10.1. The lowest BCUT2D eigenvalue weighted by molar-refractivity contribution is -0.385. The van der Waals surface area contributed by atoms with Crippen molar-refractivity contribution in [1.29, 1.82) is 5.26 Å². The van der Waals surface area contributed by atoms with Gasteiger partial charge in [0.25, 0.3) is 0 Å². The van der Waals surface area contributed by atoms with Gasteiger partial charge in [-0.15, -0.1) is 10.2 Å². The molecule has 0 spiro atoms. The van der Waals surface area contributed by atoms with Crippen LogP contribution in [0.25, 0.3) is 16.6 Å². The average Bonchev–Trinajstić information content (AvgIpc) is 3.33. The Hall–Kier alpha value is -5.31. The third-order valence-electron chi connectivity index (χ3n) is 5.39. The predicted molar refractivity (Wildman–Crippen MR) is 130 cm³/mol. The Labute approximate surface area is 203 Å². The highest BCUT2D eigenvalue weighted by molar-refractivity contribution is 5.98. The highest BCUT2D eigenvalue weighted by atomic mass is 16.6. The van der Waals surface area contributed by atoms with Crippen molar-refractivity contribution in [3.63, 3.8) is 0 Å². The number of rotatable bonds is 7. The fraction of sp³-hybridized carbons (Fsp3) is 0.125. The Morgan fingerprint density at radius 2 is 2.03 bits per heavy atom. The van der Waals surface area contributed by atoms with Crippen molar-refractivity contribution in [2.75, 3.05) is 11.9 Å². The lowest BCUT2D eigenvalue weighted by Gasteiger charge is -2.14. The van der Waals surface area contributed by atoms with E-state index in [1.165, 1.54) is 18.3 Å². The van der Waals surface area contributed by atoms with Crippen LogP contribution in [0.15, 0.2) is 55.2 Å². The number of nitro groups is 1. The van der Waals surface area contributed by atoms with Gasteiger partial charge in [0, 0.05) is 35.5 Å². The van der Waals surface area contributed by atoms with Crippen LogP contribution in [0, 0.1) is 28.4 Å². The minimum absolute atomic E-state index is 0.119. The number of nitro benzene ring substituents is 1. The second-order valence-electron chi connectivity index (χ2n) is 7.72. The van der Waals surface area contributed by atoms with Crippen LogP contribution in [-0.2, 0) is 0 Å². The van der Waals surface area contributed by atoms with Crippen molar-refractivity contribution in [3.8, 4) is 23.4 Å². The molecule has 0 fully saturated rings. The molecule has 1 N–H and O–H groups in total. The molecule has 0 saturated heterocycles. The van der Waals surface area contributed by atoms with Crippen molar-refractivity contribution in [2.45, 2.75) is 13.8 Å². The van der Waals surface area contributed by atoms with Crippen molar-refractivity contribution in [1.82, 2.24) is 24.6 Å². The van der Waals surface area contributed by atoms with E-state index in [0.717, 1.165) is 5.56 Å². The normalized spacial score (nSPS) is 10.8. The van der Waals surface area contributed by atoms with E-state index < -0.39 is 4.92 Å². The van der Waals surface area contributed by atoms with Gasteiger partial charge in [0.05, 0.1) is 28.3 Å². The predicted octanol–water partition coefficient (Wildman–Crippen LogP) is 4.70. The van der Waals surface area contributed by atoms with Crippen molar-refractivity contribution < 1.29 is 14.4 Å². The van der Waals surface area contributed by atoms with Crippen molar-refractivity contribution >= 4 is 33.6 Å². The highest BCUT2D eigenvalue weighted by Crippen LogP contribution is 2.37. The first-order valence-electron chi connectivity index (χ1n) is 10.8. The third-order valence-corrected chi connectivity index (χ3v) is 5.39. The van der Waals surface area contributed by atoms with E-state index >= 15 is 0 Å². The molecule has 12 heteroatoms. The van der Waals surface area contributed by atoms with Gasteiger partial charge in [0.1, 0.15) is 24.5 Å². The summed E-state index contributed by atoms with van der Waals surface area (Å²) < 4.78 is 13.0. The fourth-order valence-corrected chi connectivity index (χ4v) is 3.71. The van der Waals surface area contributed by atoms with E-state index in [1.54, 1.807) is 42.2 Å². The van der Waals surface area contributed by atoms with Gasteiger partial charge in [0.2, 0.25) is 5.88 Å². The number of aryl methyl sites for hydroxylation is 1. The number of hydrogen-bond donors (Lipinski definition) is 1. The third kappa shape index (κ3) is 4.16. The largest absolute Gasteiger partial charge is 0.487 e. The lowest BCUT2D eigenvalue weighted by Crippen LogP contribution is -2.01. The molecule has 3 heterocycles. The van der Waals surface area contributed by atoms with Gasteiger partial charge in [-0.25, -0.2) is 4.98 Å². The smallest absolute Gasteiger partial charge is 0.311 e. The molecular formula is C24H18N8O4. The first-order valence-corrected chi connectivity index (χ1v) is 10.8. The molecule has 0 aliphatic heterocycles. The molecule has 0 amide bonds. The number of anilines is 2. The fourth-order valence-electron chi connectivity index (χ4n) is 3.71. The van der Waals surface area contributed by atoms with E-state index in [1.807, 2.05) is 13.0 Å². The summed E-state index contributed by atoms with van der Waals surface area (Å²) in [6, 6.07) is 12.0. The second kappa shape index (κ2) is 9.15. The zero-order valence-electron chi connectivity index (χ0n) is 19.2. The molecule has 3 aromatic heterocycles. The van der Waals surface area contributed by atoms with Crippen LogP contribution in [0.4, 0.5) is 17.1 Å². The quantitative estimate of drug-likeness (QED) is 0.255. The highest BCUT2D eigenvalue weighted by Gasteiger charge is 2.20. The summed E-state index contributed by atoms with van der Waals surface area (Å²) >= 11 is 0. The molecule has 0 aliphatic carbocycles. The number of nitrogens with one attached hydrogen (secondary N) is 1. The van der Waals surface area contributed by atoms with Crippen LogP contribution in [0.3, 0.4) is 0 Å². The molecule has 0 saturated carbocycles. The number of nitriles is 1. The molecule has 0 bridgehead atoms. The van der Waals surface area contributed by atoms with Crippen LogP contribution in [0.2, 0.25) is 0 Å². The monoisotopic (exact) mass is 482 g/mol. The van der Waals surface area contributed by atoms with Gasteiger partial charge in [-0.05, 0) is 37.6 Å². The molecule has 0 atom stereocenters. The van der Waals surface area contributed by atoms with E-state index in [-0.39, 0.29) is 23.6 Å². The Bertz CT molecular complexity index is 1670. The summed E-state index contributed by atoms with van der Waals surface area (Å²) in [5, 5.41) is 32.8. The average molecular weight is 482 g/mol. The van der Waals surface area contributed by atoms with E-state index in [4.69, 9.17) is 9.47 Å². The Morgan fingerprint density at radius 1 is 1.17 bits per heavy atom. The number of fused-ring (bicyclic) bond motifs is 2. The molecule has 5 rings (SSSR count). The van der Waals surface area contributed by atoms with E-state index in [9.17, 15) is 15.4 Å². The summed E-state index contributed by atoms with van der Waals surface area (Å²) in [4.78, 5) is 19.7. The van der Waals surface area contributed by atoms with Crippen molar-refractivity contribution in [2.24, 2.45) is 0 Å². The van der Waals surface area contributed by atoms with Gasteiger partial charge in [-0.1, -0.05) is 0 Å². The minimum Gasteiger partial charge on any atom is -0.487 e. The van der Waals surface area contributed by atoms with Crippen LogP contribution >= 0.6 is 0 Å². The van der Waals surface area contributed by atoms with Gasteiger partial charge >= 0.3 is 5.69 Å². The Morgan fingerprint density at radius 3 is 2.78 bits per heavy atom. The molecule has 5 aromatic rings. The second-order valence-corrected chi connectivity index (χ2v) is 7.72. The number of ether oxygens (including phenoxy) is 2. The molecule has 0 aliphatic rings. The van der Waals surface area contributed by atoms with Crippen LogP contribution in [0.5, 0.6) is 17.4 Å². The number of benzene rings is 2. The number of aromatic nitrogens is 5. The van der Waals surface area contributed by atoms with Gasteiger partial charge in [0.15, 0.2) is 11.4 Å². The summed E-state index contributed by atoms with van der Waals surface area (Å²) in [5.41, 5.74) is 2.95. The van der Waals surface area contributed by atoms with Crippen LogP contribution in [-0.4, -0.2) is 36.1 Å². The maximum atomic E-state index is 11.6. The molecule has 0 radical (unpaired) electrons. The first-order chi connectivity index (χ1) is 17.5. The zero-order valence-corrected chi connectivity index (χ0v) is 19.2. The van der Waals surface area contributed by atoms with E-state index in [0.29, 0.717) is 39.6 Å².